The maximum Gasteiger partial charge on any atom is 0.238 e. The predicted molar refractivity (Wildman–Crippen MR) is 101 cm³/mol. The number of rotatable bonds is 6. The molecule has 0 atom stereocenters. The van der Waals surface area contributed by atoms with Gasteiger partial charge in [-0.3, -0.25) is 0 Å². The fourth-order valence-corrected chi connectivity index (χ4v) is 2.85. The van der Waals surface area contributed by atoms with Crippen molar-refractivity contribution in [2.24, 2.45) is 10.1 Å². The van der Waals surface area contributed by atoms with E-state index in [-0.39, 0.29) is 17.3 Å². The van der Waals surface area contributed by atoms with Crippen molar-refractivity contribution < 1.29 is 12.8 Å². The number of hydrogen-bond acceptors (Lipinski definition) is 3. The predicted octanol–water partition coefficient (Wildman–Crippen LogP) is 2.04. The lowest BCUT2D eigenvalue weighted by molar-refractivity contribution is 0.597. The Morgan fingerprint density at radius 3 is 2.58 bits per heavy atom. The van der Waals surface area contributed by atoms with E-state index in [1.807, 2.05) is 13.0 Å². The van der Waals surface area contributed by atoms with Crippen LogP contribution in [0.3, 0.4) is 0 Å². The van der Waals surface area contributed by atoms with Crippen LogP contribution in [-0.2, 0) is 23.1 Å². The Kier molecular flexibility index (Phi) is 6.70. The van der Waals surface area contributed by atoms with Crippen LogP contribution in [0.5, 0.6) is 0 Å². The van der Waals surface area contributed by atoms with Gasteiger partial charge in [0.25, 0.3) is 0 Å². The number of aliphatic imine (C=N–C) groups is 1. The van der Waals surface area contributed by atoms with E-state index in [1.165, 1.54) is 18.2 Å². The third-order valence-corrected chi connectivity index (χ3v) is 4.60. The van der Waals surface area contributed by atoms with Gasteiger partial charge >= 0.3 is 0 Å². The Morgan fingerprint density at radius 2 is 1.92 bits per heavy atom. The lowest BCUT2D eigenvalue weighted by atomic mass is 10.1. The summed E-state index contributed by atoms with van der Waals surface area (Å²) in [4.78, 5) is 4.48. The minimum absolute atomic E-state index is 0.0540. The van der Waals surface area contributed by atoms with Gasteiger partial charge in [-0.05, 0) is 48.7 Å². The number of hydrogen-bond donors (Lipinski definition) is 3. The summed E-state index contributed by atoms with van der Waals surface area (Å²) in [5.74, 6) is 0.306. The van der Waals surface area contributed by atoms with Crippen LogP contribution in [0.25, 0.3) is 0 Å². The molecule has 2 aromatic carbocycles. The third kappa shape index (κ3) is 5.82. The number of nitrogens with two attached hydrogens (primary N) is 1. The molecular weight excluding hydrogens is 355 g/mol. The minimum atomic E-state index is -3.74. The molecule has 0 bridgehead atoms. The van der Waals surface area contributed by atoms with Gasteiger partial charge < -0.3 is 10.6 Å². The summed E-state index contributed by atoms with van der Waals surface area (Å²) in [6.45, 7) is 5.00. The maximum absolute atomic E-state index is 13.6. The molecule has 0 radical (unpaired) electrons. The molecule has 0 aromatic heterocycles. The van der Waals surface area contributed by atoms with Crippen molar-refractivity contribution in [3.8, 4) is 0 Å². The summed E-state index contributed by atoms with van der Waals surface area (Å²) in [6, 6.07) is 11.4. The van der Waals surface area contributed by atoms with E-state index in [0.29, 0.717) is 24.6 Å². The number of primary sulfonamides is 1. The molecule has 2 rings (SSSR count). The Bertz CT molecular complexity index is 898. The first-order chi connectivity index (χ1) is 12.3. The average molecular weight is 378 g/mol. The number of nitrogens with one attached hydrogen (secondary N) is 2. The standard InChI is InChI=1S/C18H23FN4O2S/c1-3-21-18(23-12-15-8-7-13(2)17(19)10-15)22-11-14-5-4-6-16(9-14)26(20,24)25/h4-10H,3,11-12H2,1-2H3,(H2,20,24,25)(H2,21,22,23). The van der Waals surface area contributed by atoms with Crippen LogP contribution in [0.15, 0.2) is 52.4 Å². The van der Waals surface area contributed by atoms with E-state index in [1.54, 1.807) is 25.1 Å². The molecule has 0 fully saturated rings. The molecule has 0 saturated heterocycles. The van der Waals surface area contributed by atoms with Gasteiger partial charge in [-0.1, -0.05) is 24.3 Å². The van der Waals surface area contributed by atoms with Gasteiger partial charge in [0.05, 0.1) is 11.4 Å². The Hall–Kier alpha value is -2.45. The van der Waals surface area contributed by atoms with E-state index in [9.17, 15) is 12.8 Å². The topological polar surface area (TPSA) is 96.6 Å². The molecule has 0 spiro atoms. The van der Waals surface area contributed by atoms with E-state index in [2.05, 4.69) is 15.6 Å². The lowest BCUT2D eigenvalue weighted by Gasteiger charge is -2.12. The van der Waals surface area contributed by atoms with Crippen LogP contribution in [0.2, 0.25) is 0 Å². The summed E-state index contributed by atoms with van der Waals surface area (Å²) < 4.78 is 36.5. The first-order valence-corrected chi connectivity index (χ1v) is 9.73. The second kappa shape index (κ2) is 8.77. The van der Waals surface area contributed by atoms with Crippen LogP contribution in [0, 0.1) is 12.7 Å². The third-order valence-electron chi connectivity index (χ3n) is 3.69. The Balaban J connectivity index is 2.07. The highest BCUT2D eigenvalue weighted by molar-refractivity contribution is 7.89. The Labute approximate surface area is 153 Å². The van der Waals surface area contributed by atoms with Gasteiger partial charge in [0.15, 0.2) is 5.96 Å². The van der Waals surface area contributed by atoms with E-state index < -0.39 is 10.0 Å². The second-order valence-corrected chi connectivity index (χ2v) is 7.39. The highest BCUT2D eigenvalue weighted by Gasteiger charge is 2.08. The van der Waals surface area contributed by atoms with Crippen LogP contribution >= 0.6 is 0 Å². The highest BCUT2D eigenvalue weighted by Crippen LogP contribution is 2.11. The molecule has 0 amide bonds. The van der Waals surface area contributed by atoms with Gasteiger partial charge in [-0.25, -0.2) is 22.9 Å². The zero-order valence-corrected chi connectivity index (χ0v) is 15.6. The smallest absolute Gasteiger partial charge is 0.238 e. The zero-order valence-electron chi connectivity index (χ0n) is 14.8. The number of aryl methyl sites for hydroxylation is 1. The summed E-state index contributed by atoms with van der Waals surface area (Å²) in [5, 5.41) is 11.4. The Morgan fingerprint density at radius 1 is 1.15 bits per heavy atom. The largest absolute Gasteiger partial charge is 0.357 e. The lowest BCUT2D eigenvalue weighted by Crippen LogP contribution is -2.36. The number of benzene rings is 2. The zero-order chi connectivity index (χ0) is 19.2. The normalized spacial score (nSPS) is 12.1. The van der Waals surface area contributed by atoms with Gasteiger partial charge in [0.1, 0.15) is 5.82 Å². The van der Waals surface area contributed by atoms with Crippen molar-refractivity contribution in [3.05, 3.63) is 65.0 Å². The molecule has 0 aliphatic heterocycles. The van der Waals surface area contributed by atoms with Crippen LogP contribution in [0.4, 0.5) is 4.39 Å². The molecule has 0 unspecified atom stereocenters. The average Bonchev–Trinajstić information content (AvgIpc) is 2.60. The monoisotopic (exact) mass is 378 g/mol. The first kappa shape index (κ1) is 19.9. The molecule has 4 N–H and O–H groups in total. The molecule has 2 aromatic rings. The quantitative estimate of drug-likeness (QED) is 0.529. The van der Waals surface area contributed by atoms with Crippen molar-refractivity contribution in [2.75, 3.05) is 6.54 Å². The SMILES string of the molecule is CCNC(=NCc1cccc(S(N)(=O)=O)c1)NCc1ccc(C)c(F)c1. The van der Waals surface area contributed by atoms with E-state index in [0.717, 1.165) is 11.1 Å². The molecule has 26 heavy (non-hydrogen) atoms. The summed E-state index contributed by atoms with van der Waals surface area (Å²) in [7, 11) is -3.74. The summed E-state index contributed by atoms with van der Waals surface area (Å²) in [6.07, 6.45) is 0. The number of sulfonamides is 1. The van der Waals surface area contributed by atoms with Crippen LogP contribution < -0.4 is 15.8 Å². The van der Waals surface area contributed by atoms with Crippen molar-refractivity contribution in [3.63, 3.8) is 0 Å². The van der Waals surface area contributed by atoms with Gasteiger partial charge in [-0.2, -0.15) is 0 Å². The van der Waals surface area contributed by atoms with Crippen molar-refractivity contribution in [1.82, 2.24) is 10.6 Å². The minimum Gasteiger partial charge on any atom is -0.357 e. The van der Waals surface area contributed by atoms with Gasteiger partial charge in [0, 0.05) is 13.1 Å². The molecule has 0 saturated carbocycles. The van der Waals surface area contributed by atoms with E-state index >= 15 is 0 Å². The molecule has 140 valence electrons. The molecule has 6 nitrogen and oxygen atoms in total. The fourth-order valence-electron chi connectivity index (χ4n) is 2.27. The van der Waals surface area contributed by atoms with Gasteiger partial charge in [-0.15, -0.1) is 0 Å². The highest BCUT2D eigenvalue weighted by atomic mass is 32.2. The summed E-state index contributed by atoms with van der Waals surface area (Å²) in [5.41, 5.74) is 2.12. The number of nitrogens with zero attached hydrogens (tertiary/aromatic N) is 1. The summed E-state index contributed by atoms with van der Waals surface area (Å²) >= 11 is 0. The molecule has 0 heterocycles. The molecule has 8 heteroatoms. The molecule has 0 aliphatic rings. The van der Waals surface area contributed by atoms with Crippen molar-refractivity contribution >= 4 is 16.0 Å². The van der Waals surface area contributed by atoms with Crippen LogP contribution in [0.1, 0.15) is 23.6 Å². The van der Waals surface area contributed by atoms with E-state index in [4.69, 9.17) is 5.14 Å². The second-order valence-electron chi connectivity index (χ2n) is 5.82. The molecule has 0 aliphatic carbocycles. The number of halogens is 1. The fraction of sp³-hybridized carbons (Fsp3) is 0.278. The maximum atomic E-state index is 13.6. The first-order valence-electron chi connectivity index (χ1n) is 8.18. The number of guanidine groups is 1. The molecular formula is C18H23FN4O2S. The van der Waals surface area contributed by atoms with Crippen molar-refractivity contribution in [1.29, 1.82) is 0 Å². The van der Waals surface area contributed by atoms with Crippen molar-refractivity contribution in [2.45, 2.75) is 31.8 Å². The van der Waals surface area contributed by atoms with Crippen LogP contribution in [-0.4, -0.2) is 20.9 Å². The van der Waals surface area contributed by atoms with Gasteiger partial charge in [0.2, 0.25) is 10.0 Å².